The first-order chi connectivity index (χ1) is 6.78. The summed E-state index contributed by atoms with van der Waals surface area (Å²) in [7, 11) is 2.13. The third-order valence-electron chi connectivity index (χ3n) is 2.60. The van der Waals surface area contributed by atoms with E-state index in [9.17, 15) is 0 Å². The van der Waals surface area contributed by atoms with Crippen LogP contribution in [0.25, 0.3) is 0 Å². The minimum Gasteiger partial charge on any atom is -0.444 e. The molecular formula is C10H17N3O. The summed E-state index contributed by atoms with van der Waals surface area (Å²) in [6.07, 6.45) is 1.18. The molecular weight excluding hydrogens is 178 g/mol. The van der Waals surface area contributed by atoms with Crippen molar-refractivity contribution in [2.45, 2.75) is 19.0 Å². The van der Waals surface area contributed by atoms with Gasteiger partial charge >= 0.3 is 0 Å². The van der Waals surface area contributed by atoms with E-state index >= 15 is 0 Å². The molecule has 0 radical (unpaired) electrons. The zero-order valence-electron chi connectivity index (χ0n) is 8.49. The molecule has 1 aromatic rings. The van der Waals surface area contributed by atoms with Crippen molar-refractivity contribution in [3.63, 3.8) is 0 Å². The summed E-state index contributed by atoms with van der Waals surface area (Å²) in [5.41, 5.74) is 5.46. The molecule has 78 valence electrons. The highest BCUT2D eigenvalue weighted by molar-refractivity contribution is 5.33. The Labute approximate surface area is 84.1 Å². The molecule has 3 N–H and O–H groups in total. The predicted molar refractivity (Wildman–Crippen MR) is 56.1 cm³/mol. The molecule has 1 unspecified atom stereocenters. The van der Waals surface area contributed by atoms with Gasteiger partial charge in [0.2, 0.25) is 0 Å². The Balaban J connectivity index is 1.90. The van der Waals surface area contributed by atoms with Gasteiger partial charge in [0.15, 0.2) is 5.88 Å². The average Bonchev–Trinajstić information content (AvgIpc) is 2.76. The molecule has 4 heteroatoms. The molecule has 2 heterocycles. The Morgan fingerprint density at radius 3 is 3.07 bits per heavy atom. The van der Waals surface area contributed by atoms with Gasteiger partial charge < -0.3 is 20.4 Å². The predicted octanol–water partition coefficient (Wildman–Crippen LogP) is 0.854. The van der Waals surface area contributed by atoms with E-state index in [0.29, 0.717) is 12.6 Å². The number of anilines is 1. The maximum Gasteiger partial charge on any atom is 0.193 e. The largest absolute Gasteiger partial charge is 0.444 e. The van der Waals surface area contributed by atoms with E-state index in [0.717, 1.165) is 24.7 Å². The zero-order chi connectivity index (χ0) is 9.97. The quantitative estimate of drug-likeness (QED) is 0.751. The van der Waals surface area contributed by atoms with Gasteiger partial charge in [-0.25, -0.2) is 0 Å². The molecule has 0 saturated carbocycles. The highest BCUT2D eigenvalue weighted by Crippen LogP contribution is 2.17. The SMILES string of the molecule is CN1CCC(Nc2ccc(CN)o2)C1. The molecule has 0 amide bonds. The molecule has 1 saturated heterocycles. The van der Waals surface area contributed by atoms with Crippen molar-refractivity contribution in [1.29, 1.82) is 0 Å². The Kier molecular flexibility index (Phi) is 2.74. The summed E-state index contributed by atoms with van der Waals surface area (Å²) in [6, 6.07) is 4.37. The topological polar surface area (TPSA) is 54.4 Å². The molecule has 0 spiro atoms. The number of furan rings is 1. The molecule has 0 bridgehead atoms. The van der Waals surface area contributed by atoms with Crippen molar-refractivity contribution in [2.24, 2.45) is 5.73 Å². The summed E-state index contributed by atoms with van der Waals surface area (Å²) in [5, 5.41) is 3.36. The molecule has 1 fully saturated rings. The minimum atomic E-state index is 0.465. The highest BCUT2D eigenvalue weighted by atomic mass is 16.4. The van der Waals surface area contributed by atoms with Crippen LogP contribution in [0.1, 0.15) is 12.2 Å². The van der Waals surface area contributed by atoms with Crippen molar-refractivity contribution in [3.8, 4) is 0 Å². The number of likely N-dealkylation sites (tertiary alicyclic amines) is 1. The molecule has 1 aliphatic heterocycles. The number of hydrogen-bond acceptors (Lipinski definition) is 4. The third kappa shape index (κ3) is 2.08. The van der Waals surface area contributed by atoms with E-state index < -0.39 is 0 Å². The molecule has 0 aromatic carbocycles. The van der Waals surface area contributed by atoms with E-state index in [1.54, 1.807) is 0 Å². The molecule has 1 atom stereocenters. The lowest BCUT2D eigenvalue weighted by Gasteiger charge is -2.11. The van der Waals surface area contributed by atoms with Crippen LogP contribution >= 0.6 is 0 Å². The lowest BCUT2D eigenvalue weighted by Crippen LogP contribution is -2.23. The van der Waals surface area contributed by atoms with Crippen LogP contribution < -0.4 is 11.1 Å². The lowest BCUT2D eigenvalue weighted by atomic mass is 10.3. The van der Waals surface area contributed by atoms with Gasteiger partial charge in [-0.1, -0.05) is 0 Å². The van der Waals surface area contributed by atoms with Crippen molar-refractivity contribution in [1.82, 2.24) is 4.90 Å². The monoisotopic (exact) mass is 195 g/mol. The van der Waals surface area contributed by atoms with Crippen LogP contribution in [0, 0.1) is 0 Å². The van der Waals surface area contributed by atoms with Crippen molar-refractivity contribution < 1.29 is 4.42 Å². The second-order valence-corrected chi connectivity index (χ2v) is 3.86. The molecule has 2 rings (SSSR count). The van der Waals surface area contributed by atoms with E-state index in [-0.39, 0.29) is 0 Å². The van der Waals surface area contributed by atoms with Gasteiger partial charge in [-0.15, -0.1) is 0 Å². The van der Waals surface area contributed by atoms with Crippen LogP contribution in [0.3, 0.4) is 0 Å². The summed E-state index contributed by atoms with van der Waals surface area (Å²) < 4.78 is 5.48. The van der Waals surface area contributed by atoms with Crippen LogP contribution in [0.15, 0.2) is 16.5 Å². The molecule has 0 aliphatic carbocycles. The first-order valence-corrected chi connectivity index (χ1v) is 5.02. The number of likely N-dealkylation sites (N-methyl/N-ethyl adjacent to an activating group) is 1. The Morgan fingerprint density at radius 1 is 1.64 bits per heavy atom. The summed E-state index contributed by atoms with van der Waals surface area (Å²) in [4.78, 5) is 2.31. The summed E-state index contributed by atoms with van der Waals surface area (Å²) in [5.74, 6) is 1.67. The average molecular weight is 195 g/mol. The fourth-order valence-corrected chi connectivity index (χ4v) is 1.82. The van der Waals surface area contributed by atoms with Crippen molar-refractivity contribution >= 4 is 5.88 Å². The zero-order valence-corrected chi connectivity index (χ0v) is 8.49. The molecule has 1 aromatic heterocycles. The minimum absolute atomic E-state index is 0.465. The van der Waals surface area contributed by atoms with Gasteiger partial charge in [0.25, 0.3) is 0 Å². The molecule has 1 aliphatic rings. The van der Waals surface area contributed by atoms with Crippen LogP contribution in [-0.4, -0.2) is 31.1 Å². The van der Waals surface area contributed by atoms with Crippen LogP contribution in [-0.2, 0) is 6.54 Å². The fraction of sp³-hybridized carbons (Fsp3) is 0.600. The van der Waals surface area contributed by atoms with Gasteiger partial charge in [0.1, 0.15) is 5.76 Å². The van der Waals surface area contributed by atoms with E-state index in [1.807, 2.05) is 12.1 Å². The van der Waals surface area contributed by atoms with Gasteiger partial charge in [0, 0.05) is 18.7 Å². The first kappa shape index (κ1) is 9.55. The van der Waals surface area contributed by atoms with Crippen LogP contribution in [0.4, 0.5) is 5.88 Å². The van der Waals surface area contributed by atoms with E-state index in [2.05, 4.69) is 17.3 Å². The van der Waals surface area contributed by atoms with Crippen LogP contribution in [0.2, 0.25) is 0 Å². The first-order valence-electron chi connectivity index (χ1n) is 5.02. The van der Waals surface area contributed by atoms with Gasteiger partial charge in [-0.05, 0) is 26.1 Å². The molecule has 4 nitrogen and oxygen atoms in total. The Bertz CT molecular complexity index is 297. The number of rotatable bonds is 3. The van der Waals surface area contributed by atoms with E-state index in [4.69, 9.17) is 10.2 Å². The van der Waals surface area contributed by atoms with Crippen LogP contribution in [0.5, 0.6) is 0 Å². The van der Waals surface area contributed by atoms with Crippen molar-refractivity contribution in [3.05, 3.63) is 17.9 Å². The smallest absolute Gasteiger partial charge is 0.193 e. The van der Waals surface area contributed by atoms with E-state index in [1.165, 1.54) is 6.42 Å². The maximum atomic E-state index is 5.48. The maximum absolute atomic E-state index is 5.48. The molecule has 14 heavy (non-hydrogen) atoms. The number of nitrogens with zero attached hydrogens (tertiary/aromatic N) is 1. The normalized spacial score (nSPS) is 22.9. The Morgan fingerprint density at radius 2 is 2.50 bits per heavy atom. The fourth-order valence-electron chi connectivity index (χ4n) is 1.82. The third-order valence-corrected chi connectivity index (χ3v) is 2.60. The number of nitrogens with two attached hydrogens (primary N) is 1. The second kappa shape index (κ2) is 4.02. The summed E-state index contributed by atoms with van der Waals surface area (Å²) in [6.45, 7) is 2.70. The number of hydrogen-bond donors (Lipinski definition) is 2. The summed E-state index contributed by atoms with van der Waals surface area (Å²) >= 11 is 0. The highest BCUT2D eigenvalue weighted by Gasteiger charge is 2.19. The van der Waals surface area contributed by atoms with Gasteiger partial charge in [0.05, 0.1) is 6.54 Å². The van der Waals surface area contributed by atoms with Gasteiger partial charge in [-0.2, -0.15) is 0 Å². The standard InChI is InChI=1S/C10H17N3O/c1-13-5-4-8(7-13)12-10-3-2-9(6-11)14-10/h2-3,8,12H,4-7,11H2,1H3. The lowest BCUT2D eigenvalue weighted by molar-refractivity contribution is 0.412. The number of nitrogens with one attached hydrogen (secondary N) is 1. The Hall–Kier alpha value is -1.00. The van der Waals surface area contributed by atoms with Gasteiger partial charge in [-0.3, -0.25) is 0 Å². The second-order valence-electron chi connectivity index (χ2n) is 3.86. The van der Waals surface area contributed by atoms with Crippen molar-refractivity contribution in [2.75, 3.05) is 25.5 Å².